The third kappa shape index (κ3) is 6.82. The molecule has 0 saturated heterocycles. The minimum atomic E-state index is -0.989. The fourth-order valence-corrected chi connectivity index (χ4v) is 2.04. The van der Waals surface area contributed by atoms with E-state index in [-0.39, 0.29) is 22.6 Å². The van der Waals surface area contributed by atoms with E-state index in [1.165, 1.54) is 12.1 Å². The van der Waals surface area contributed by atoms with Crippen molar-refractivity contribution in [2.75, 3.05) is 5.73 Å². The van der Waals surface area contributed by atoms with E-state index in [1.54, 1.807) is 55.4 Å². The predicted octanol–water partition coefficient (Wildman–Crippen LogP) is 4.26. The standard InChI is InChI=1S/C20H28BrNO6/c1-18(2,3)27-15(23)11-9-10-12(26-17(25)20(7,8)21)13(14(11)22)16(24)28-19(4,5)6/h9-10H,22H2,1-8H3. The fourth-order valence-electron chi connectivity index (χ4n) is 1.96. The molecule has 0 amide bonds. The number of alkyl halides is 1. The second kappa shape index (κ2) is 8.11. The lowest BCUT2D eigenvalue weighted by Crippen LogP contribution is -2.31. The molecule has 8 heteroatoms. The second-order valence-corrected chi connectivity index (χ2v) is 10.7. The number of esters is 3. The van der Waals surface area contributed by atoms with Crippen LogP contribution in [0.4, 0.5) is 5.69 Å². The lowest BCUT2D eigenvalue weighted by atomic mass is 10.0. The zero-order chi connectivity index (χ0) is 22.1. The summed E-state index contributed by atoms with van der Waals surface area (Å²) in [6.07, 6.45) is 0. The van der Waals surface area contributed by atoms with Gasteiger partial charge in [-0.3, -0.25) is 4.79 Å². The van der Waals surface area contributed by atoms with Gasteiger partial charge in [-0.2, -0.15) is 0 Å². The molecular formula is C20H28BrNO6. The van der Waals surface area contributed by atoms with Gasteiger partial charge in [0.2, 0.25) is 0 Å². The van der Waals surface area contributed by atoms with Crippen molar-refractivity contribution < 1.29 is 28.6 Å². The molecule has 0 heterocycles. The Kier molecular flexibility index (Phi) is 6.93. The van der Waals surface area contributed by atoms with Crippen LogP contribution in [0, 0.1) is 0 Å². The number of hydrogen-bond donors (Lipinski definition) is 1. The number of rotatable bonds is 4. The summed E-state index contributed by atoms with van der Waals surface area (Å²) in [6, 6.07) is 2.67. The monoisotopic (exact) mass is 457 g/mol. The van der Waals surface area contributed by atoms with Crippen molar-refractivity contribution in [1.29, 1.82) is 0 Å². The van der Waals surface area contributed by atoms with Gasteiger partial charge in [0.15, 0.2) is 0 Å². The van der Waals surface area contributed by atoms with Gasteiger partial charge in [0, 0.05) is 0 Å². The number of carbonyl (C=O) groups is 3. The average Bonchev–Trinajstić information content (AvgIpc) is 2.42. The molecule has 0 unspecified atom stereocenters. The van der Waals surface area contributed by atoms with Crippen LogP contribution in [0.1, 0.15) is 76.1 Å². The third-order valence-electron chi connectivity index (χ3n) is 3.12. The van der Waals surface area contributed by atoms with Gasteiger partial charge in [-0.15, -0.1) is 0 Å². The van der Waals surface area contributed by atoms with Gasteiger partial charge >= 0.3 is 17.9 Å². The Bertz CT molecular complexity index is 782. The number of nitrogens with two attached hydrogens (primary N) is 1. The van der Waals surface area contributed by atoms with Crippen LogP contribution in [0.5, 0.6) is 5.75 Å². The first-order chi connectivity index (χ1) is 12.4. The zero-order valence-electron chi connectivity index (χ0n) is 17.6. The SMILES string of the molecule is CC(C)(C)OC(=O)c1ccc(OC(=O)C(C)(C)Br)c(C(=O)OC(C)(C)C)c1N. The number of halogens is 1. The summed E-state index contributed by atoms with van der Waals surface area (Å²) in [4.78, 5) is 37.5. The van der Waals surface area contributed by atoms with Gasteiger partial charge in [0.1, 0.15) is 26.8 Å². The van der Waals surface area contributed by atoms with Crippen molar-refractivity contribution >= 4 is 39.5 Å². The van der Waals surface area contributed by atoms with E-state index in [1.807, 2.05) is 0 Å². The molecule has 2 N–H and O–H groups in total. The smallest absolute Gasteiger partial charge is 0.344 e. The molecular weight excluding hydrogens is 430 g/mol. The Morgan fingerprint density at radius 3 is 1.75 bits per heavy atom. The fraction of sp³-hybridized carbons (Fsp3) is 0.550. The highest BCUT2D eigenvalue weighted by Gasteiger charge is 2.32. The molecule has 0 radical (unpaired) electrons. The molecule has 0 aliphatic heterocycles. The highest BCUT2D eigenvalue weighted by molar-refractivity contribution is 9.10. The zero-order valence-corrected chi connectivity index (χ0v) is 19.1. The largest absolute Gasteiger partial charge is 0.456 e. The van der Waals surface area contributed by atoms with Crippen LogP contribution in [-0.2, 0) is 14.3 Å². The Hall–Kier alpha value is -2.09. The molecule has 0 aliphatic rings. The van der Waals surface area contributed by atoms with Crippen molar-refractivity contribution in [3.05, 3.63) is 23.3 Å². The minimum absolute atomic E-state index is 0.0197. The van der Waals surface area contributed by atoms with Crippen LogP contribution < -0.4 is 10.5 Å². The molecule has 0 aromatic heterocycles. The average molecular weight is 458 g/mol. The molecule has 0 fully saturated rings. The Morgan fingerprint density at radius 1 is 0.857 bits per heavy atom. The molecule has 0 atom stereocenters. The van der Waals surface area contributed by atoms with Crippen molar-refractivity contribution in [2.45, 2.75) is 70.9 Å². The topological polar surface area (TPSA) is 105 Å². The highest BCUT2D eigenvalue weighted by Crippen LogP contribution is 2.33. The van der Waals surface area contributed by atoms with E-state index in [0.29, 0.717) is 0 Å². The summed E-state index contributed by atoms with van der Waals surface area (Å²) in [5.74, 6) is -2.25. The van der Waals surface area contributed by atoms with Crippen LogP contribution in [-0.4, -0.2) is 33.4 Å². The van der Waals surface area contributed by atoms with Crippen molar-refractivity contribution in [2.24, 2.45) is 0 Å². The first-order valence-corrected chi connectivity index (χ1v) is 9.52. The van der Waals surface area contributed by atoms with E-state index in [9.17, 15) is 14.4 Å². The van der Waals surface area contributed by atoms with Crippen molar-refractivity contribution in [3.8, 4) is 5.75 Å². The molecule has 1 aromatic carbocycles. The van der Waals surface area contributed by atoms with Crippen molar-refractivity contribution in [1.82, 2.24) is 0 Å². The van der Waals surface area contributed by atoms with Crippen molar-refractivity contribution in [3.63, 3.8) is 0 Å². The lowest BCUT2D eigenvalue weighted by Gasteiger charge is -2.24. The van der Waals surface area contributed by atoms with Gasteiger partial charge in [0.25, 0.3) is 0 Å². The number of ether oxygens (including phenoxy) is 3. The number of carbonyl (C=O) groups excluding carboxylic acids is 3. The molecule has 0 bridgehead atoms. The molecule has 156 valence electrons. The van der Waals surface area contributed by atoms with E-state index in [0.717, 1.165) is 0 Å². The summed E-state index contributed by atoms with van der Waals surface area (Å²) in [5, 5.41) is 0. The van der Waals surface area contributed by atoms with E-state index < -0.39 is 33.4 Å². The quantitative estimate of drug-likeness (QED) is 0.311. The van der Waals surface area contributed by atoms with Gasteiger partial charge < -0.3 is 19.9 Å². The molecule has 0 saturated carbocycles. The summed E-state index contributed by atoms with van der Waals surface area (Å²) in [7, 11) is 0. The van der Waals surface area contributed by atoms with Crippen LogP contribution in [0.2, 0.25) is 0 Å². The van der Waals surface area contributed by atoms with Gasteiger partial charge in [0.05, 0.1) is 11.3 Å². The van der Waals surface area contributed by atoms with Gasteiger partial charge in [-0.05, 0) is 67.5 Å². The van der Waals surface area contributed by atoms with Crippen LogP contribution in [0.3, 0.4) is 0 Å². The number of hydrogen-bond acceptors (Lipinski definition) is 7. The first kappa shape index (κ1) is 23.9. The van der Waals surface area contributed by atoms with Crippen LogP contribution in [0.25, 0.3) is 0 Å². The summed E-state index contributed by atoms with van der Waals surface area (Å²) < 4.78 is 15.1. The first-order valence-electron chi connectivity index (χ1n) is 8.73. The lowest BCUT2D eigenvalue weighted by molar-refractivity contribution is -0.136. The highest BCUT2D eigenvalue weighted by atomic mass is 79.9. The number of anilines is 1. The maximum absolute atomic E-state index is 12.7. The molecule has 1 rings (SSSR count). The molecule has 0 spiro atoms. The molecule has 0 aliphatic carbocycles. The van der Waals surface area contributed by atoms with Gasteiger partial charge in [-0.1, -0.05) is 15.9 Å². The molecule has 7 nitrogen and oxygen atoms in total. The van der Waals surface area contributed by atoms with Gasteiger partial charge in [-0.25, -0.2) is 9.59 Å². The van der Waals surface area contributed by atoms with E-state index in [4.69, 9.17) is 19.9 Å². The Balaban J connectivity index is 3.49. The van der Waals surface area contributed by atoms with E-state index in [2.05, 4.69) is 15.9 Å². The van der Waals surface area contributed by atoms with E-state index >= 15 is 0 Å². The Morgan fingerprint density at radius 2 is 1.32 bits per heavy atom. The molecule has 28 heavy (non-hydrogen) atoms. The van der Waals surface area contributed by atoms with Crippen LogP contribution >= 0.6 is 15.9 Å². The number of nitrogen functional groups attached to an aromatic ring is 1. The normalized spacial score (nSPS) is 12.3. The summed E-state index contributed by atoms with van der Waals surface area (Å²) in [5.41, 5.74) is 4.13. The minimum Gasteiger partial charge on any atom is -0.456 e. The molecule has 1 aromatic rings. The summed E-state index contributed by atoms with van der Waals surface area (Å²) >= 11 is 3.21. The third-order valence-corrected chi connectivity index (χ3v) is 3.44. The maximum atomic E-state index is 12.7. The predicted molar refractivity (Wildman–Crippen MR) is 110 cm³/mol. The van der Waals surface area contributed by atoms with Crippen LogP contribution in [0.15, 0.2) is 12.1 Å². The summed E-state index contributed by atoms with van der Waals surface area (Å²) in [6.45, 7) is 13.4. The Labute approximate surface area is 174 Å². The number of benzene rings is 1. The second-order valence-electron chi connectivity index (χ2n) is 8.77. The maximum Gasteiger partial charge on any atom is 0.344 e.